The van der Waals surface area contributed by atoms with Gasteiger partial charge in [0.25, 0.3) is 0 Å². The molecule has 1 N–H and O–H groups in total. The Morgan fingerprint density at radius 3 is 2.63 bits per heavy atom. The van der Waals surface area contributed by atoms with Gasteiger partial charge in [0.05, 0.1) is 6.20 Å². The van der Waals surface area contributed by atoms with Gasteiger partial charge >= 0.3 is 5.82 Å². The Morgan fingerprint density at radius 2 is 1.96 bits per heavy atom. The number of imidazole rings is 2. The lowest BCUT2D eigenvalue weighted by molar-refractivity contribution is -0.389. The SMILES string of the molecule is Cn1ccnc1C(Nc1nc2ccccn2c1[N+](=O)[O-])c1ccc(F)cc1. The maximum Gasteiger partial charge on any atom is 0.372 e. The van der Waals surface area contributed by atoms with Crippen molar-refractivity contribution in [2.75, 3.05) is 5.32 Å². The van der Waals surface area contributed by atoms with Crippen LogP contribution in [0.25, 0.3) is 5.65 Å². The van der Waals surface area contributed by atoms with Crippen molar-refractivity contribution in [1.29, 1.82) is 0 Å². The Hall–Kier alpha value is -3.75. The minimum absolute atomic E-state index is 0.114. The number of hydrogen-bond acceptors (Lipinski definition) is 5. The highest BCUT2D eigenvalue weighted by molar-refractivity contribution is 5.63. The number of anilines is 1. The van der Waals surface area contributed by atoms with E-state index in [0.29, 0.717) is 17.0 Å². The predicted octanol–water partition coefficient (Wildman–Crippen LogP) is 3.32. The third-order valence-electron chi connectivity index (χ3n) is 4.28. The first-order valence-electron chi connectivity index (χ1n) is 8.15. The summed E-state index contributed by atoms with van der Waals surface area (Å²) in [6.45, 7) is 0. The Morgan fingerprint density at radius 1 is 1.19 bits per heavy atom. The number of nitrogens with zero attached hydrogens (tertiary/aromatic N) is 5. The number of pyridine rings is 1. The van der Waals surface area contributed by atoms with Gasteiger partial charge < -0.3 is 20.0 Å². The largest absolute Gasteiger partial charge is 0.372 e. The quantitative estimate of drug-likeness (QED) is 0.432. The van der Waals surface area contributed by atoms with E-state index in [1.165, 1.54) is 16.5 Å². The van der Waals surface area contributed by atoms with Crippen molar-refractivity contribution < 1.29 is 9.31 Å². The Kier molecular flexibility index (Phi) is 4.03. The highest BCUT2D eigenvalue weighted by Gasteiger charge is 2.27. The molecule has 0 spiro atoms. The fourth-order valence-corrected chi connectivity index (χ4v) is 3.00. The smallest absolute Gasteiger partial charge is 0.358 e. The molecule has 0 aliphatic carbocycles. The Balaban J connectivity index is 1.84. The lowest BCUT2D eigenvalue weighted by atomic mass is 10.1. The number of benzene rings is 1. The van der Waals surface area contributed by atoms with Crippen LogP contribution in [0.15, 0.2) is 61.1 Å². The molecule has 0 saturated heterocycles. The van der Waals surface area contributed by atoms with E-state index in [1.54, 1.807) is 53.5 Å². The first-order valence-corrected chi connectivity index (χ1v) is 8.15. The summed E-state index contributed by atoms with van der Waals surface area (Å²) in [6, 6.07) is 10.5. The summed E-state index contributed by atoms with van der Waals surface area (Å²) >= 11 is 0. The number of hydrogen-bond donors (Lipinski definition) is 1. The third-order valence-corrected chi connectivity index (χ3v) is 4.28. The molecule has 4 aromatic rings. The van der Waals surface area contributed by atoms with E-state index in [2.05, 4.69) is 15.3 Å². The molecule has 1 aromatic carbocycles. The number of rotatable bonds is 5. The standard InChI is InChI=1S/C18H15FN6O2/c1-23-11-9-20-17(23)15(12-5-7-13(19)8-6-12)22-16-18(25(26)27)24-10-3-2-4-14(24)21-16/h2-11,15,22H,1H3. The van der Waals surface area contributed by atoms with Crippen LogP contribution >= 0.6 is 0 Å². The first kappa shape index (κ1) is 16.7. The molecule has 27 heavy (non-hydrogen) atoms. The van der Waals surface area contributed by atoms with Crippen LogP contribution in [0, 0.1) is 15.9 Å². The molecule has 0 bridgehead atoms. The summed E-state index contributed by atoms with van der Waals surface area (Å²) in [4.78, 5) is 19.9. The minimum atomic E-state index is -0.547. The van der Waals surface area contributed by atoms with Crippen LogP contribution in [-0.4, -0.2) is 23.9 Å². The second-order valence-corrected chi connectivity index (χ2v) is 6.00. The van der Waals surface area contributed by atoms with Crippen molar-refractivity contribution in [2.45, 2.75) is 6.04 Å². The van der Waals surface area contributed by atoms with Gasteiger partial charge in [-0.1, -0.05) is 18.2 Å². The fourth-order valence-electron chi connectivity index (χ4n) is 3.00. The zero-order chi connectivity index (χ0) is 19.0. The van der Waals surface area contributed by atoms with Gasteiger partial charge in [0.15, 0.2) is 0 Å². The van der Waals surface area contributed by atoms with Crippen LogP contribution in [0.2, 0.25) is 0 Å². The summed E-state index contributed by atoms with van der Waals surface area (Å²) in [5, 5.41) is 14.8. The second-order valence-electron chi connectivity index (χ2n) is 6.00. The highest BCUT2D eigenvalue weighted by Crippen LogP contribution is 2.31. The van der Waals surface area contributed by atoms with E-state index in [1.807, 2.05) is 7.05 Å². The number of aromatic nitrogens is 4. The van der Waals surface area contributed by atoms with Gasteiger partial charge in [0.1, 0.15) is 17.7 Å². The monoisotopic (exact) mass is 366 g/mol. The zero-order valence-electron chi connectivity index (χ0n) is 14.3. The molecule has 0 fully saturated rings. The molecule has 1 unspecified atom stereocenters. The van der Waals surface area contributed by atoms with Gasteiger partial charge in [-0.05, 0) is 28.7 Å². The van der Waals surface area contributed by atoms with E-state index in [0.717, 1.165) is 0 Å². The molecule has 0 amide bonds. The van der Waals surface area contributed by atoms with E-state index in [9.17, 15) is 14.5 Å². The maximum absolute atomic E-state index is 13.4. The van der Waals surface area contributed by atoms with Crippen LogP contribution in [0.3, 0.4) is 0 Å². The van der Waals surface area contributed by atoms with Crippen LogP contribution in [0.5, 0.6) is 0 Å². The van der Waals surface area contributed by atoms with Crippen molar-refractivity contribution in [3.05, 3.63) is 88.4 Å². The average molecular weight is 366 g/mol. The van der Waals surface area contributed by atoms with Crippen LogP contribution in [0.1, 0.15) is 17.4 Å². The summed E-state index contributed by atoms with van der Waals surface area (Å²) in [5.41, 5.74) is 1.15. The van der Waals surface area contributed by atoms with Crippen LogP contribution < -0.4 is 5.32 Å². The molecule has 136 valence electrons. The van der Waals surface area contributed by atoms with E-state index < -0.39 is 11.0 Å². The van der Waals surface area contributed by atoms with Crippen molar-refractivity contribution in [3.8, 4) is 0 Å². The van der Waals surface area contributed by atoms with Gasteiger partial charge in [0, 0.05) is 25.5 Å². The minimum Gasteiger partial charge on any atom is -0.358 e. The molecule has 0 saturated carbocycles. The van der Waals surface area contributed by atoms with E-state index in [4.69, 9.17) is 0 Å². The number of aryl methyl sites for hydroxylation is 1. The molecule has 1 atom stereocenters. The van der Waals surface area contributed by atoms with Gasteiger partial charge in [-0.15, -0.1) is 0 Å². The average Bonchev–Trinajstić information content (AvgIpc) is 3.23. The summed E-state index contributed by atoms with van der Waals surface area (Å²) in [7, 11) is 1.82. The molecule has 0 aliphatic heterocycles. The zero-order valence-corrected chi connectivity index (χ0v) is 14.3. The molecule has 0 aliphatic rings. The van der Waals surface area contributed by atoms with Crippen LogP contribution in [0.4, 0.5) is 16.0 Å². The number of halogens is 1. The van der Waals surface area contributed by atoms with Crippen molar-refractivity contribution in [3.63, 3.8) is 0 Å². The van der Waals surface area contributed by atoms with Crippen molar-refractivity contribution in [1.82, 2.24) is 18.9 Å². The van der Waals surface area contributed by atoms with E-state index in [-0.39, 0.29) is 17.5 Å². The number of nitrogens with one attached hydrogen (secondary N) is 1. The highest BCUT2D eigenvalue weighted by atomic mass is 19.1. The van der Waals surface area contributed by atoms with Crippen LogP contribution in [-0.2, 0) is 7.05 Å². The van der Waals surface area contributed by atoms with Gasteiger partial charge in [-0.2, -0.15) is 9.38 Å². The Labute approximate surface area is 153 Å². The molecule has 8 nitrogen and oxygen atoms in total. The second kappa shape index (κ2) is 6.52. The van der Waals surface area contributed by atoms with Crippen molar-refractivity contribution in [2.24, 2.45) is 7.05 Å². The van der Waals surface area contributed by atoms with E-state index >= 15 is 0 Å². The molecule has 3 aromatic heterocycles. The summed E-state index contributed by atoms with van der Waals surface area (Å²) in [5.74, 6) is 0.194. The van der Waals surface area contributed by atoms with Gasteiger partial charge in [-0.25, -0.2) is 9.37 Å². The maximum atomic E-state index is 13.4. The molecule has 0 radical (unpaired) electrons. The lowest BCUT2D eigenvalue weighted by Gasteiger charge is -2.18. The summed E-state index contributed by atoms with van der Waals surface area (Å²) in [6.07, 6.45) is 4.98. The molecule has 3 heterocycles. The lowest BCUT2D eigenvalue weighted by Crippen LogP contribution is -2.17. The molecule has 4 rings (SSSR count). The van der Waals surface area contributed by atoms with Gasteiger partial charge in [0.2, 0.25) is 11.5 Å². The third kappa shape index (κ3) is 2.99. The van der Waals surface area contributed by atoms with Gasteiger partial charge in [-0.3, -0.25) is 0 Å². The fraction of sp³-hybridized carbons (Fsp3) is 0.111. The first-order chi connectivity index (χ1) is 13.0. The Bertz CT molecular complexity index is 1120. The predicted molar refractivity (Wildman–Crippen MR) is 96.9 cm³/mol. The molecular formula is C18H15FN6O2. The van der Waals surface area contributed by atoms with Crippen molar-refractivity contribution >= 4 is 17.3 Å². The molecule has 9 heteroatoms. The normalized spacial score (nSPS) is 12.2. The number of nitro groups is 1. The summed E-state index contributed by atoms with van der Waals surface area (Å²) < 4.78 is 16.6. The number of fused-ring (bicyclic) bond motifs is 1. The topological polar surface area (TPSA) is 90.3 Å². The molecular weight excluding hydrogens is 351 g/mol.